The van der Waals surface area contributed by atoms with Gasteiger partial charge in [-0.3, -0.25) is 0 Å². The highest BCUT2D eigenvalue weighted by Gasteiger charge is 2.29. The van der Waals surface area contributed by atoms with Crippen molar-refractivity contribution in [3.63, 3.8) is 0 Å². The SMILES string of the molecule is C#CCCCC(O)c1c(F)c(F)c(F)c(F)c1F. The molecule has 0 heterocycles. The Balaban J connectivity index is 3.13. The summed E-state index contributed by atoms with van der Waals surface area (Å²) in [7, 11) is 0. The van der Waals surface area contributed by atoms with E-state index >= 15 is 0 Å². The summed E-state index contributed by atoms with van der Waals surface area (Å²) in [6.07, 6.45) is 3.39. The second kappa shape index (κ2) is 5.83. The number of aliphatic hydroxyl groups is 1. The first-order chi connectivity index (χ1) is 8.41. The first-order valence-electron chi connectivity index (χ1n) is 5.04. The largest absolute Gasteiger partial charge is 0.388 e. The number of hydrogen-bond acceptors (Lipinski definition) is 1. The van der Waals surface area contributed by atoms with Gasteiger partial charge in [0.15, 0.2) is 23.3 Å². The van der Waals surface area contributed by atoms with E-state index in [2.05, 4.69) is 5.92 Å². The van der Waals surface area contributed by atoms with E-state index in [4.69, 9.17) is 6.42 Å². The van der Waals surface area contributed by atoms with Crippen molar-refractivity contribution >= 4 is 0 Å². The highest BCUT2D eigenvalue weighted by Crippen LogP contribution is 2.30. The standard InChI is InChI=1S/C12H9F5O/c1-2-3-4-5-6(18)7-8(13)10(15)12(17)11(16)9(7)14/h1,6,18H,3-5H2. The van der Waals surface area contributed by atoms with E-state index in [0.29, 0.717) is 0 Å². The fourth-order valence-corrected chi connectivity index (χ4v) is 1.46. The van der Waals surface area contributed by atoms with Crippen molar-refractivity contribution in [2.24, 2.45) is 0 Å². The summed E-state index contributed by atoms with van der Waals surface area (Å²) >= 11 is 0. The Kier molecular flexibility index (Phi) is 4.68. The van der Waals surface area contributed by atoms with E-state index in [-0.39, 0.29) is 19.3 Å². The Hall–Kier alpha value is -1.61. The maximum Gasteiger partial charge on any atom is 0.200 e. The summed E-state index contributed by atoms with van der Waals surface area (Å²) in [6.45, 7) is 0. The molecule has 0 bridgehead atoms. The molecular weight excluding hydrogens is 255 g/mol. The second-order valence-corrected chi connectivity index (χ2v) is 3.60. The van der Waals surface area contributed by atoms with Gasteiger partial charge in [0.25, 0.3) is 0 Å². The summed E-state index contributed by atoms with van der Waals surface area (Å²) < 4.78 is 64.9. The number of aliphatic hydroxyl groups excluding tert-OH is 1. The molecule has 6 heteroatoms. The zero-order valence-electron chi connectivity index (χ0n) is 9.11. The Labute approximate surface area is 100 Å². The lowest BCUT2D eigenvalue weighted by atomic mass is 10.0. The van der Waals surface area contributed by atoms with Gasteiger partial charge >= 0.3 is 0 Å². The van der Waals surface area contributed by atoms with E-state index in [1.165, 1.54) is 0 Å². The van der Waals surface area contributed by atoms with Crippen LogP contribution in [0.1, 0.15) is 30.9 Å². The normalized spacial score (nSPS) is 12.3. The van der Waals surface area contributed by atoms with E-state index in [0.717, 1.165) is 0 Å². The van der Waals surface area contributed by atoms with E-state index in [1.54, 1.807) is 0 Å². The summed E-state index contributed by atoms with van der Waals surface area (Å²) in [5.74, 6) is -8.18. The van der Waals surface area contributed by atoms with Crippen LogP contribution in [0.2, 0.25) is 0 Å². The molecule has 0 saturated heterocycles. The molecule has 1 rings (SSSR count). The van der Waals surface area contributed by atoms with Gasteiger partial charge in [-0.15, -0.1) is 12.3 Å². The zero-order valence-corrected chi connectivity index (χ0v) is 9.11. The van der Waals surface area contributed by atoms with Gasteiger partial charge in [0.2, 0.25) is 5.82 Å². The van der Waals surface area contributed by atoms with Crippen LogP contribution >= 0.6 is 0 Å². The molecule has 1 atom stereocenters. The molecule has 0 aliphatic rings. The maximum absolute atomic E-state index is 13.2. The van der Waals surface area contributed by atoms with Crippen LogP contribution in [0.15, 0.2) is 0 Å². The highest BCUT2D eigenvalue weighted by molar-refractivity contribution is 5.26. The van der Waals surface area contributed by atoms with Gasteiger partial charge in [0, 0.05) is 6.42 Å². The molecule has 0 aliphatic carbocycles. The van der Waals surface area contributed by atoms with Gasteiger partial charge in [-0.25, -0.2) is 22.0 Å². The van der Waals surface area contributed by atoms with Gasteiger partial charge in [-0.2, -0.15) is 0 Å². The van der Waals surface area contributed by atoms with Gasteiger partial charge in [-0.1, -0.05) is 0 Å². The molecule has 1 aromatic rings. The monoisotopic (exact) mass is 264 g/mol. The molecule has 18 heavy (non-hydrogen) atoms. The van der Waals surface area contributed by atoms with Crippen molar-refractivity contribution in [3.8, 4) is 12.3 Å². The Morgan fingerprint density at radius 1 is 0.944 bits per heavy atom. The molecule has 1 N–H and O–H groups in total. The molecule has 98 valence electrons. The van der Waals surface area contributed by atoms with Crippen molar-refractivity contribution in [1.29, 1.82) is 0 Å². The molecule has 1 aromatic carbocycles. The predicted molar refractivity (Wildman–Crippen MR) is 53.9 cm³/mol. The fourth-order valence-electron chi connectivity index (χ4n) is 1.46. The summed E-state index contributed by atoms with van der Waals surface area (Å²) in [4.78, 5) is 0. The predicted octanol–water partition coefficient (Wildman–Crippen LogP) is 3.22. The summed E-state index contributed by atoms with van der Waals surface area (Å²) in [5, 5.41) is 9.44. The first-order valence-corrected chi connectivity index (χ1v) is 5.04. The third-order valence-electron chi connectivity index (χ3n) is 2.38. The molecular formula is C12H9F5O. The van der Waals surface area contributed by atoms with Gasteiger partial charge in [0.1, 0.15) is 0 Å². The molecule has 0 fully saturated rings. The number of terminal acetylenes is 1. The molecule has 1 nitrogen and oxygen atoms in total. The highest BCUT2D eigenvalue weighted by atomic mass is 19.2. The lowest BCUT2D eigenvalue weighted by molar-refractivity contribution is 0.151. The summed E-state index contributed by atoms with van der Waals surface area (Å²) in [6, 6.07) is 0. The number of hydrogen-bond donors (Lipinski definition) is 1. The number of unbranched alkanes of at least 4 members (excludes halogenated alkanes) is 1. The summed E-state index contributed by atoms with van der Waals surface area (Å²) in [5.41, 5.74) is -1.22. The molecule has 0 saturated carbocycles. The van der Waals surface area contributed by atoms with Crippen LogP contribution in [-0.4, -0.2) is 5.11 Å². The number of benzene rings is 1. The van der Waals surface area contributed by atoms with Crippen molar-refractivity contribution in [2.75, 3.05) is 0 Å². The van der Waals surface area contributed by atoms with Gasteiger partial charge in [0.05, 0.1) is 11.7 Å². The Bertz CT molecular complexity index is 463. The average molecular weight is 264 g/mol. The van der Waals surface area contributed by atoms with Crippen molar-refractivity contribution in [3.05, 3.63) is 34.6 Å². The molecule has 0 aliphatic heterocycles. The van der Waals surface area contributed by atoms with Crippen LogP contribution in [0, 0.1) is 41.4 Å². The second-order valence-electron chi connectivity index (χ2n) is 3.60. The van der Waals surface area contributed by atoms with E-state index in [9.17, 15) is 27.1 Å². The van der Waals surface area contributed by atoms with Crippen LogP contribution in [0.25, 0.3) is 0 Å². The quantitative estimate of drug-likeness (QED) is 0.291. The Morgan fingerprint density at radius 2 is 1.39 bits per heavy atom. The van der Waals surface area contributed by atoms with Gasteiger partial charge in [-0.05, 0) is 12.8 Å². The van der Waals surface area contributed by atoms with Gasteiger partial charge < -0.3 is 5.11 Å². The average Bonchev–Trinajstić information content (AvgIpc) is 2.34. The van der Waals surface area contributed by atoms with Crippen molar-refractivity contribution in [2.45, 2.75) is 25.4 Å². The van der Waals surface area contributed by atoms with Crippen LogP contribution in [0.3, 0.4) is 0 Å². The first kappa shape index (κ1) is 14.5. The third-order valence-corrected chi connectivity index (χ3v) is 2.38. The Morgan fingerprint density at radius 3 is 1.83 bits per heavy atom. The number of rotatable bonds is 4. The zero-order chi connectivity index (χ0) is 13.9. The molecule has 0 aromatic heterocycles. The molecule has 0 radical (unpaired) electrons. The lowest BCUT2D eigenvalue weighted by Crippen LogP contribution is -2.11. The topological polar surface area (TPSA) is 20.2 Å². The molecule has 1 unspecified atom stereocenters. The fraction of sp³-hybridized carbons (Fsp3) is 0.333. The minimum absolute atomic E-state index is 0.192. The minimum Gasteiger partial charge on any atom is -0.388 e. The smallest absolute Gasteiger partial charge is 0.200 e. The maximum atomic E-state index is 13.2. The third kappa shape index (κ3) is 2.62. The molecule has 0 amide bonds. The van der Waals surface area contributed by atoms with Crippen LogP contribution < -0.4 is 0 Å². The van der Waals surface area contributed by atoms with Crippen LogP contribution in [0.4, 0.5) is 22.0 Å². The number of halogens is 5. The van der Waals surface area contributed by atoms with Crippen LogP contribution in [-0.2, 0) is 0 Å². The van der Waals surface area contributed by atoms with Crippen molar-refractivity contribution < 1.29 is 27.1 Å². The minimum atomic E-state index is -2.25. The van der Waals surface area contributed by atoms with E-state index in [1.807, 2.05) is 0 Å². The lowest BCUT2D eigenvalue weighted by Gasteiger charge is -2.13. The van der Waals surface area contributed by atoms with E-state index < -0.39 is 40.8 Å². The molecule has 0 spiro atoms. The van der Waals surface area contributed by atoms with Crippen LogP contribution in [0.5, 0.6) is 0 Å². The van der Waals surface area contributed by atoms with Crippen molar-refractivity contribution in [1.82, 2.24) is 0 Å².